The lowest BCUT2D eigenvalue weighted by Gasteiger charge is -2.09. The Morgan fingerprint density at radius 3 is 2.86 bits per heavy atom. The van der Waals surface area contributed by atoms with E-state index in [1.807, 2.05) is 6.07 Å². The second kappa shape index (κ2) is 5.66. The van der Waals surface area contributed by atoms with Crippen LogP contribution in [0.4, 0.5) is 0 Å². The van der Waals surface area contributed by atoms with Crippen LogP contribution in [0.5, 0.6) is 0 Å². The molecule has 0 aliphatic heterocycles. The van der Waals surface area contributed by atoms with E-state index in [-0.39, 0.29) is 0 Å². The quantitative estimate of drug-likeness (QED) is 0.639. The van der Waals surface area contributed by atoms with E-state index in [0.29, 0.717) is 11.2 Å². The van der Waals surface area contributed by atoms with Crippen molar-refractivity contribution in [1.29, 1.82) is 0 Å². The molecule has 1 aromatic carbocycles. The van der Waals surface area contributed by atoms with Crippen molar-refractivity contribution in [2.75, 3.05) is 0 Å². The van der Waals surface area contributed by atoms with E-state index in [2.05, 4.69) is 46.8 Å². The van der Waals surface area contributed by atoms with E-state index >= 15 is 0 Å². The highest BCUT2D eigenvalue weighted by molar-refractivity contribution is 7.99. The number of rotatable bonds is 5. The minimum Gasteiger partial charge on any atom is -0.306 e. The number of nitrogens with zero attached hydrogens (tertiary/aromatic N) is 4. The number of benzene rings is 1. The van der Waals surface area contributed by atoms with Crippen LogP contribution in [0.25, 0.3) is 10.2 Å². The van der Waals surface area contributed by atoms with E-state index in [4.69, 9.17) is 4.98 Å². The second-order valence-electron chi connectivity index (χ2n) is 5.64. The van der Waals surface area contributed by atoms with Crippen LogP contribution in [-0.2, 0) is 6.54 Å². The largest absolute Gasteiger partial charge is 0.306 e. The van der Waals surface area contributed by atoms with E-state index in [0.717, 1.165) is 22.2 Å². The van der Waals surface area contributed by atoms with Crippen molar-refractivity contribution in [1.82, 2.24) is 19.7 Å². The lowest BCUT2D eigenvalue weighted by molar-refractivity contribution is 0.642. The molecule has 4 rings (SSSR count). The van der Waals surface area contributed by atoms with Gasteiger partial charge in [0.25, 0.3) is 0 Å². The van der Waals surface area contributed by atoms with Crippen molar-refractivity contribution in [3.8, 4) is 0 Å². The normalized spacial score (nSPS) is 16.3. The molecule has 3 aromatic rings. The minimum absolute atomic E-state index is 0.291. The molecule has 1 aliphatic carbocycles. The van der Waals surface area contributed by atoms with Crippen molar-refractivity contribution in [3.63, 3.8) is 0 Å². The van der Waals surface area contributed by atoms with Crippen molar-refractivity contribution < 1.29 is 0 Å². The number of fused-ring (bicyclic) bond motifs is 1. The van der Waals surface area contributed by atoms with Gasteiger partial charge in [-0.2, -0.15) is 0 Å². The Morgan fingerprint density at radius 1 is 1.32 bits per heavy atom. The van der Waals surface area contributed by atoms with Gasteiger partial charge in [0.2, 0.25) is 0 Å². The molecule has 2 aromatic heterocycles. The first-order chi connectivity index (χ1) is 10.8. The van der Waals surface area contributed by atoms with Gasteiger partial charge >= 0.3 is 0 Å². The number of thiazole rings is 1. The summed E-state index contributed by atoms with van der Waals surface area (Å²) in [6.45, 7) is 5.31. The highest BCUT2D eigenvalue weighted by Crippen LogP contribution is 2.42. The Morgan fingerprint density at radius 2 is 2.14 bits per heavy atom. The van der Waals surface area contributed by atoms with Crippen molar-refractivity contribution >= 4 is 33.3 Å². The highest BCUT2D eigenvalue weighted by Gasteiger charge is 2.30. The minimum atomic E-state index is 0.291. The van der Waals surface area contributed by atoms with Crippen LogP contribution >= 0.6 is 23.1 Å². The molecule has 0 spiro atoms. The molecule has 0 saturated heterocycles. The molecule has 0 amide bonds. The summed E-state index contributed by atoms with van der Waals surface area (Å²) in [5.41, 5.74) is 1.09. The zero-order chi connectivity index (χ0) is 15.1. The zero-order valence-corrected chi connectivity index (χ0v) is 14.3. The summed E-state index contributed by atoms with van der Waals surface area (Å²) >= 11 is 3.54. The lowest BCUT2D eigenvalue weighted by atomic mass is 10.3. The molecule has 1 aliphatic rings. The molecule has 22 heavy (non-hydrogen) atoms. The Hall–Kier alpha value is -1.40. The molecule has 0 bridgehead atoms. The van der Waals surface area contributed by atoms with Crippen LogP contribution in [-0.4, -0.2) is 19.7 Å². The average molecular weight is 330 g/mol. The van der Waals surface area contributed by atoms with Crippen molar-refractivity contribution in [3.05, 3.63) is 35.1 Å². The number of thioether (sulfide) groups is 1. The monoisotopic (exact) mass is 330 g/mol. The first-order valence-electron chi connectivity index (χ1n) is 7.71. The maximum atomic E-state index is 4.76. The van der Waals surface area contributed by atoms with Crippen LogP contribution in [0.1, 0.15) is 48.7 Å². The van der Waals surface area contributed by atoms with Crippen LogP contribution in [0, 0.1) is 0 Å². The van der Waals surface area contributed by atoms with Gasteiger partial charge in [-0.05, 0) is 38.8 Å². The first-order valence-corrected chi connectivity index (χ1v) is 9.41. The highest BCUT2D eigenvalue weighted by atomic mass is 32.2. The molecule has 6 heteroatoms. The first kappa shape index (κ1) is 14.2. The smallest absolute Gasteiger partial charge is 0.191 e. The van der Waals surface area contributed by atoms with Gasteiger partial charge in [0.1, 0.15) is 10.8 Å². The van der Waals surface area contributed by atoms with Gasteiger partial charge in [-0.25, -0.2) is 4.98 Å². The van der Waals surface area contributed by atoms with E-state index in [1.165, 1.54) is 23.4 Å². The molecule has 1 atom stereocenters. The van der Waals surface area contributed by atoms with Gasteiger partial charge in [-0.1, -0.05) is 23.9 Å². The predicted molar refractivity (Wildman–Crippen MR) is 91.6 cm³/mol. The molecular weight excluding hydrogens is 312 g/mol. The van der Waals surface area contributed by atoms with Crippen molar-refractivity contribution in [2.24, 2.45) is 0 Å². The standard InChI is InChI=1S/C16H18N4S2/c1-3-20-14(11-8-9-11)18-19-16(20)21-10(2)15-17-12-6-4-5-7-13(12)22-15/h4-7,10-11H,3,8-9H2,1-2H3. The number of hydrogen-bond donors (Lipinski definition) is 0. The Kier molecular flexibility index (Phi) is 3.66. The average Bonchev–Trinajstić information content (AvgIpc) is 3.15. The third-order valence-corrected chi connectivity index (χ3v) is 6.40. The molecule has 0 radical (unpaired) electrons. The molecule has 4 nitrogen and oxygen atoms in total. The van der Waals surface area contributed by atoms with Gasteiger partial charge in [-0.3, -0.25) is 0 Å². The Labute approximate surface area is 138 Å². The molecule has 114 valence electrons. The third kappa shape index (κ3) is 2.54. The van der Waals surface area contributed by atoms with Gasteiger partial charge in [0.05, 0.1) is 15.5 Å². The molecule has 1 saturated carbocycles. The maximum absolute atomic E-state index is 4.76. The summed E-state index contributed by atoms with van der Waals surface area (Å²) in [4.78, 5) is 4.76. The van der Waals surface area contributed by atoms with Crippen LogP contribution in [0.15, 0.2) is 29.4 Å². The molecule has 2 heterocycles. The van der Waals surface area contributed by atoms with Crippen LogP contribution in [0.2, 0.25) is 0 Å². The molecular formula is C16H18N4S2. The van der Waals surface area contributed by atoms with E-state index in [1.54, 1.807) is 23.1 Å². The summed E-state index contributed by atoms with van der Waals surface area (Å²) in [6, 6.07) is 8.32. The fraction of sp³-hybridized carbons (Fsp3) is 0.438. The summed E-state index contributed by atoms with van der Waals surface area (Å²) in [5.74, 6) is 1.81. The zero-order valence-electron chi connectivity index (χ0n) is 12.7. The predicted octanol–water partition coefficient (Wildman–Crippen LogP) is 4.64. The van der Waals surface area contributed by atoms with Gasteiger partial charge in [0.15, 0.2) is 5.16 Å². The molecule has 1 unspecified atom stereocenters. The number of hydrogen-bond acceptors (Lipinski definition) is 5. The second-order valence-corrected chi connectivity index (χ2v) is 8.01. The third-order valence-electron chi connectivity index (χ3n) is 3.94. The van der Waals surface area contributed by atoms with Crippen LogP contribution < -0.4 is 0 Å². The number of aromatic nitrogens is 4. The summed E-state index contributed by atoms with van der Waals surface area (Å²) in [7, 11) is 0. The topological polar surface area (TPSA) is 43.6 Å². The summed E-state index contributed by atoms with van der Waals surface area (Å²) < 4.78 is 3.52. The fourth-order valence-electron chi connectivity index (χ4n) is 2.60. The SMILES string of the molecule is CCn1c(SC(C)c2nc3ccccc3s2)nnc1C1CC1. The maximum Gasteiger partial charge on any atom is 0.191 e. The summed E-state index contributed by atoms with van der Waals surface area (Å²) in [5, 5.41) is 11.3. The van der Waals surface area contributed by atoms with Gasteiger partial charge in [-0.15, -0.1) is 21.5 Å². The van der Waals surface area contributed by atoms with E-state index in [9.17, 15) is 0 Å². The number of para-hydroxylation sites is 1. The van der Waals surface area contributed by atoms with Gasteiger partial charge in [0, 0.05) is 12.5 Å². The van der Waals surface area contributed by atoms with Gasteiger partial charge < -0.3 is 4.57 Å². The fourth-order valence-corrected chi connectivity index (χ4v) is 4.70. The molecule has 0 N–H and O–H groups in total. The Balaban J connectivity index is 1.59. The van der Waals surface area contributed by atoms with Crippen molar-refractivity contribution in [2.45, 2.75) is 49.6 Å². The Bertz CT molecular complexity index is 770. The molecule has 1 fully saturated rings. The van der Waals surface area contributed by atoms with Crippen LogP contribution in [0.3, 0.4) is 0 Å². The lowest BCUT2D eigenvalue weighted by Crippen LogP contribution is -2.02. The van der Waals surface area contributed by atoms with E-state index < -0.39 is 0 Å². The summed E-state index contributed by atoms with van der Waals surface area (Å²) in [6.07, 6.45) is 2.52.